The zero-order chi connectivity index (χ0) is 18.7. The predicted molar refractivity (Wildman–Crippen MR) is 97.3 cm³/mol. The van der Waals surface area contributed by atoms with E-state index in [4.69, 9.17) is 4.52 Å². The summed E-state index contributed by atoms with van der Waals surface area (Å²) in [6.45, 7) is 5.18. The number of nitrogens with one attached hydrogen (secondary N) is 1. The Morgan fingerprint density at radius 2 is 2.08 bits per heavy atom. The van der Waals surface area contributed by atoms with Crippen molar-refractivity contribution >= 4 is 11.6 Å². The number of nitrogens with zero attached hydrogens (tertiary/aromatic N) is 2. The van der Waals surface area contributed by atoms with Gasteiger partial charge in [-0.25, -0.2) is 0 Å². The van der Waals surface area contributed by atoms with Crippen molar-refractivity contribution in [2.75, 3.05) is 5.32 Å². The number of hydrogen-bond donors (Lipinski definition) is 2. The van der Waals surface area contributed by atoms with Crippen LogP contribution in [0.3, 0.4) is 0 Å². The van der Waals surface area contributed by atoms with E-state index in [0.29, 0.717) is 33.7 Å². The number of aromatic hydroxyl groups is 1. The van der Waals surface area contributed by atoms with E-state index < -0.39 is 5.91 Å². The van der Waals surface area contributed by atoms with Crippen LogP contribution in [0.4, 0.5) is 5.69 Å². The Kier molecular flexibility index (Phi) is 4.54. The molecule has 0 aliphatic heterocycles. The number of phenolic OH excluding ortho intramolecular Hbond substituents is 1. The molecule has 3 aromatic rings. The van der Waals surface area contributed by atoms with E-state index in [2.05, 4.69) is 17.1 Å². The summed E-state index contributed by atoms with van der Waals surface area (Å²) >= 11 is 0. The number of aromatic nitrogens is 1. The van der Waals surface area contributed by atoms with Crippen LogP contribution in [-0.2, 0) is 4.79 Å². The van der Waals surface area contributed by atoms with Gasteiger partial charge in [-0.15, -0.1) is 0 Å². The lowest BCUT2D eigenvalue weighted by atomic mass is 9.90. The molecule has 3 rings (SSSR count). The number of rotatable bonds is 4. The topological polar surface area (TPSA) is 99.2 Å². The molecule has 0 radical (unpaired) electrons. The number of phenols is 1. The smallest absolute Gasteiger partial charge is 0.247 e. The second-order valence-electron chi connectivity index (χ2n) is 5.54. The first-order valence-electron chi connectivity index (χ1n) is 7.77. The zero-order valence-corrected chi connectivity index (χ0v) is 14.0. The third kappa shape index (κ3) is 2.94. The molecule has 0 saturated carbocycles. The van der Waals surface area contributed by atoms with Crippen molar-refractivity contribution in [1.29, 1.82) is 5.26 Å². The number of carbonyl (C=O) groups excluding carboxylic acids is 1. The van der Waals surface area contributed by atoms with Crippen LogP contribution >= 0.6 is 0 Å². The summed E-state index contributed by atoms with van der Waals surface area (Å²) in [5.74, 6) is -0.0970. The average Bonchev–Trinajstić information content (AvgIpc) is 3.08. The molecular formula is C20H15N3O3. The van der Waals surface area contributed by atoms with Crippen molar-refractivity contribution in [3.05, 3.63) is 66.6 Å². The van der Waals surface area contributed by atoms with Gasteiger partial charge >= 0.3 is 0 Å². The number of hydrogen-bond acceptors (Lipinski definition) is 5. The largest absolute Gasteiger partial charge is 0.506 e. The monoisotopic (exact) mass is 345 g/mol. The summed E-state index contributed by atoms with van der Waals surface area (Å²) in [6, 6.07) is 12.5. The molecule has 1 aromatic heterocycles. The van der Waals surface area contributed by atoms with Crippen molar-refractivity contribution in [3.63, 3.8) is 0 Å². The summed E-state index contributed by atoms with van der Waals surface area (Å²) in [4.78, 5) is 11.9. The minimum atomic E-state index is -0.436. The highest BCUT2D eigenvalue weighted by atomic mass is 16.5. The number of nitriles is 1. The Hall–Kier alpha value is -3.85. The van der Waals surface area contributed by atoms with Crippen LogP contribution in [0.15, 0.2) is 59.8 Å². The van der Waals surface area contributed by atoms with Gasteiger partial charge in [-0.3, -0.25) is 4.79 Å². The molecule has 0 fully saturated rings. The lowest BCUT2D eigenvalue weighted by molar-refractivity contribution is -0.111. The van der Waals surface area contributed by atoms with Crippen molar-refractivity contribution in [2.24, 2.45) is 0 Å². The Morgan fingerprint density at radius 3 is 2.65 bits per heavy atom. The standard InChI is InChI=1S/C20H15N3O3/c1-3-17(24)23-16-9-14(10-21)20(25)18(13-7-5-4-6-8-13)19(16)15-11-22-26-12(15)2/h3-9,11,25H,1H2,2H3,(H,23,24). The van der Waals surface area contributed by atoms with Gasteiger partial charge in [-0.2, -0.15) is 5.26 Å². The molecule has 1 heterocycles. The van der Waals surface area contributed by atoms with E-state index in [1.807, 2.05) is 36.4 Å². The van der Waals surface area contributed by atoms with Gasteiger partial charge in [-0.1, -0.05) is 42.1 Å². The first kappa shape index (κ1) is 17.0. The molecule has 0 unspecified atom stereocenters. The van der Waals surface area contributed by atoms with Crippen LogP contribution in [0, 0.1) is 18.3 Å². The third-order valence-electron chi connectivity index (χ3n) is 3.95. The molecular weight excluding hydrogens is 330 g/mol. The summed E-state index contributed by atoms with van der Waals surface area (Å²) in [5.41, 5.74) is 2.61. The van der Waals surface area contributed by atoms with Gasteiger partial charge in [0.2, 0.25) is 5.91 Å². The highest BCUT2D eigenvalue weighted by molar-refractivity contribution is 6.06. The van der Waals surface area contributed by atoms with Crippen LogP contribution in [-0.4, -0.2) is 16.2 Å². The van der Waals surface area contributed by atoms with Crippen LogP contribution < -0.4 is 5.32 Å². The first-order chi connectivity index (χ1) is 12.6. The number of anilines is 1. The molecule has 2 N–H and O–H groups in total. The quantitative estimate of drug-likeness (QED) is 0.549. The van der Waals surface area contributed by atoms with E-state index in [9.17, 15) is 15.2 Å². The van der Waals surface area contributed by atoms with Gasteiger partial charge in [0.1, 0.15) is 17.6 Å². The average molecular weight is 345 g/mol. The van der Waals surface area contributed by atoms with Gasteiger partial charge in [0.25, 0.3) is 0 Å². The summed E-state index contributed by atoms with van der Waals surface area (Å²) in [5, 5.41) is 26.6. The third-order valence-corrected chi connectivity index (χ3v) is 3.95. The van der Waals surface area contributed by atoms with Gasteiger partial charge in [0, 0.05) is 16.7 Å². The van der Waals surface area contributed by atoms with Gasteiger partial charge in [0.15, 0.2) is 0 Å². The molecule has 1 amide bonds. The molecule has 6 heteroatoms. The highest BCUT2D eigenvalue weighted by Gasteiger charge is 2.23. The lowest BCUT2D eigenvalue weighted by Crippen LogP contribution is -2.09. The maximum atomic E-state index is 11.9. The second-order valence-corrected chi connectivity index (χ2v) is 5.54. The SMILES string of the molecule is C=CC(=O)Nc1cc(C#N)c(O)c(-c2ccccc2)c1-c1cnoc1C. The minimum absolute atomic E-state index is 0.0427. The molecule has 26 heavy (non-hydrogen) atoms. The molecule has 0 bridgehead atoms. The molecule has 2 aromatic carbocycles. The maximum absolute atomic E-state index is 11.9. The molecule has 6 nitrogen and oxygen atoms in total. The van der Waals surface area contributed by atoms with Crippen molar-refractivity contribution in [1.82, 2.24) is 5.16 Å². The molecule has 128 valence electrons. The summed E-state index contributed by atoms with van der Waals surface area (Å²) in [6.07, 6.45) is 2.64. The van der Waals surface area contributed by atoms with E-state index >= 15 is 0 Å². The van der Waals surface area contributed by atoms with E-state index in [1.165, 1.54) is 12.3 Å². The Morgan fingerprint density at radius 1 is 1.35 bits per heavy atom. The van der Waals surface area contributed by atoms with E-state index in [-0.39, 0.29) is 11.3 Å². The minimum Gasteiger partial charge on any atom is -0.506 e. The normalized spacial score (nSPS) is 10.2. The summed E-state index contributed by atoms with van der Waals surface area (Å²) < 4.78 is 5.16. The number of benzene rings is 2. The van der Waals surface area contributed by atoms with Crippen molar-refractivity contribution in [3.8, 4) is 34.1 Å². The van der Waals surface area contributed by atoms with Gasteiger partial charge < -0.3 is 14.9 Å². The second kappa shape index (κ2) is 6.95. The fourth-order valence-electron chi connectivity index (χ4n) is 2.74. The van der Waals surface area contributed by atoms with E-state index in [0.717, 1.165) is 6.08 Å². The van der Waals surface area contributed by atoms with Crippen LogP contribution in [0.1, 0.15) is 11.3 Å². The Balaban J connectivity index is 2.42. The number of carbonyl (C=O) groups is 1. The Labute approximate surface area is 150 Å². The number of aryl methyl sites for hydroxylation is 1. The maximum Gasteiger partial charge on any atom is 0.247 e. The van der Waals surface area contributed by atoms with Crippen molar-refractivity contribution < 1.29 is 14.4 Å². The molecule has 0 saturated heterocycles. The fraction of sp³-hybridized carbons (Fsp3) is 0.0500. The lowest BCUT2D eigenvalue weighted by Gasteiger charge is -2.17. The highest BCUT2D eigenvalue weighted by Crippen LogP contribution is 2.46. The molecule has 0 spiro atoms. The molecule has 0 aliphatic rings. The molecule has 0 atom stereocenters. The predicted octanol–water partition coefficient (Wildman–Crippen LogP) is 4.02. The first-order valence-corrected chi connectivity index (χ1v) is 7.77. The van der Waals surface area contributed by atoms with Gasteiger partial charge in [0.05, 0.1) is 17.4 Å². The molecule has 0 aliphatic carbocycles. The zero-order valence-electron chi connectivity index (χ0n) is 14.0. The Bertz CT molecular complexity index is 1030. The van der Waals surface area contributed by atoms with Gasteiger partial charge in [-0.05, 0) is 24.6 Å². The van der Waals surface area contributed by atoms with Crippen LogP contribution in [0.2, 0.25) is 0 Å². The fourth-order valence-corrected chi connectivity index (χ4v) is 2.74. The van der Waals surface area contributed by atoms with Crippen molar-refractivity contribution in [2.45, 2.75) is 6.92 Å². The number of amides is 1. The van der Waals surface area contributed by atoms with E-state index in [1.54, 1.807) is 6.92 Å². The van der Waals surface area contributed by atoms with Crippen LogP contribution in [0.5, 0.6) is 5.75 Å². The summed E-state index contributed by atoms with van der Waals surface area (Å²) in [7, 11) is 0. The van der Waals surface area contributed by atoms with Crippen LogP contribution in [0.25, 0.3) is 22.3 Å².